The summed E-state index contributed by atoms with van der Waals surface area (Å²) in [5.41, 5.74) is 1.10. The second-order valence-corrected chi connectivity index (χ2v) is 5.45. The monoisotopic (exact) mass is 314 g/mol. The molecule has 1 N–H and O–H groups in total. The highest BCUT2D eigenvalue weighted by atomic mass is 79.9. The Morgan fingerprint density at radius 3 is 2.78 bits per heavy atom. The molecule has 0 aliphatic carbocycles. The largest absolute Gasteiger partial charge is 0.394 e. The number of aromatic nitrogens is 1. The zero-order valence-electron chi connectivity index (χ0n) is 10.4. The van der Waals surface area contributed by atoms with E-state index in [2.05, 4.69) is 31.9 Å². The third-order valence-electron chi connectivity index (χ3n) is 3.15. The Bertz CT molecular complexity index is 351. The molecular weight excluding hydrogens is 296 g/mol. The summed E-state index contributed by atoms with van der Waals surface area (Å²) in [7, 11) is 0. The highest BCUT2D eigenvalue weighted by Crippen LogP contribution is 2.16. The van der Waals surface area contributed by atoms with Gasteiger partial charge in [0.2, 0.25) is 0 Å². The highest BCUT2D eigenvalue weighted by molar-refractivity contribution is 9.10. The Hall–Kier alpha value is -0.490. The molecule has 100 valence electrons. The number of pyridine rings is 1. The minimum Gasteiger partial charge on any atom is -0.394 e. The number of piperidine rings is 1. The van der Waals surface area contributed by atoms with Gasteiger partial charge in [0.1, 0.15) is 0 Å². The first-order chi connectivity index (χ1) is 8.78. The predicted octanol–water partition coefficient (Wildman–Crippen LogP) is 1.82. The molecule has 1 fully saturated rings. The van der Waals surface area contributed by atoms with E-state index in [9.17, 15) is 0 Å². The SMILES string of the molecule is OCCOC1CCN(Cc2ccc(Br)cn2)CC1. The summed E-state index contributed by atoms with van der Waals surface area (Å²) in [6.45, 7) is 3.55. The van der Waals surface area contributed by atoms with Gasteiger partial charge >= 0.3 is 0 Å². The minimum absolute atomic E-state index is 0.114. The summed E-state index contributed by atoms with van der Waals surface area (Å²) in [5, 5.41) is 8.72. The van der Waals surface area contributed by atoms with Crippen molar-refractivity contribution in [3.05, 3.63) is 28.5 Å². The molecule has 18 heavy (non-hydrogen) atoms. The Kier molecular flexibility index (Phi) is 5.56. The first-order valence-corrected chi connectivity index (χ1v) is 7.12. The molecule has 1 aromatic rings. The molecule has 1 aliphatic rings. The molecule has 0 aromatic carbocycles. The molecule has 1 saturated heterocycles. The molecule has 0 spiro atoms. The molecule has 0 amide bonds. The van der Waals surface area contributed by atoms with Gasteiger partial charge in [-0.05, 0) is 40.9 Å². The van der Waals surface area contributed by atoms with Crippen molar-refractivity contribution in [3.63, 3.8) is 0 Å². The maximum Gasteiger partial charge on any atom is 0.0701 e. The summed E-state index contributed by atoms with van der Waals surface area (Å²) in [6, 6.07) is 4.08. The van der Waals surface area contributed by atoms with Gasteiger partial charge in [0.15, 0.2) is 0 Å². The van der Waals surface area contributed by atoms with E-state index in [-0.39, 0.29) is 6.61 Å². The van der Waals surface area contributed by atoms with Gasteiger partial charge < -0.3 is 9.84 Å². The lowest BCUT2D eigenvalue weighted by molar-refractivity contribution is -0.00919. The van der Waals surface area contributed by atoms with Gasteiger partial charge in [-0.15, -0.1) is 0 Å². The van der Waals surface area contributed by atoms with Crippen LogP contribution in [-0.2, 0) is 11.3 Å². The van der Waals surface area contributed by atoms with Crippen LogP contribution in [-0.4, -0.2) is 47.4 Å². The molecule has 1 aromatic heterocycles. The highest BCUT2D eigenvalue weighted by Gasteiger charge is 2.19. The van der Waals surface area contributed by atoms with Gasteiger partial charge in [-0.1, -0.05) is 0 Å². The van der Waals surface area contributed by atoms with E-state index < -0.39 is 0 Å². The van der Waals surface area contributed by atoms with Crippen molar-refractivity contribution in [2.45, 2.75) is 25.5 Å². The Balaban J connectivity index is 1.74. The van der Waals surface area contributed by atoms with Gasteiger partial charge in [-0.25, -0.2) is 0 Å². The van der Waals surface area contributed by atoms with Gasteiger partial charge in [0, 0.05) is 30.3 Å². The molecule has 0 radical (unpaired) electrons. The van der Waals surface area contributed by atoms with Crippen molar-refractivity contribution in [3.8, 4) is 0 Å². The van der Waals surface area contributed by atoms with E-state index in [0.29, 0.717) is 12.7 Å². The topological polar surface area (TPSA) is 45.6 Å². The molecule has 2 rings (SSSR count). The third kappa shape index (κ3) is 4.31. The Labute approximate surface area is 116 Å². The molecule has 0 bridgehead atoms. The minimum atomic E-state index is 0.114. The quantitative estimate of drug-likeness (QED) is 0.900. The van der Waals surface area contributed by atoms with Crippen molar-refractivity contribution in [1.29, 1.82) is 0 Å². The fourth-order valence-corrected chi connectivity index (χ4v) is 2.42. The van der Waals surface area contributed by atoms with Crippen molar-refractivity contribution in [2.24, 2.45) is 0 Å². The van der Waals surface area contributed by atoms with Crippen LogP contribution in [0.2, 0.25) is 0 Å². The molecule has 4 nitrogen and oxygen atoms in total. The Morgan fingerprint density at radius 1 is 1.39 bits per heavy atom. The summed E-state index contributed by atoms with van der Waals surface area (Å²) in [6.07, 6.45) is 4.23. The van der Waals surface area contributed by atoms with E-state index in [1.165, 1.54) is 0 Å². The molecule has 5 heteroatoms. The number of likely N-dealkylation sites (tertiary alicyclic amines) is 1. The van der Waals surface area contributed by atoms with Crippen LogP contribution in [0.5, 0.6) is 0 Å². The van der Waals surface area contributed by atoms with Gasteiger partial charge in [-0.2, -0.15) is 0 Å². The lowest BCUT2D eigenvalue weighted by Crippen LogP contribution is -2.37. The van der Waals surface area contributed by atoms with E-state index in [0.717, 1.165) is 42.6 Å². The van der Waals surface area contributed by atoms with Gasteiger partial charge in [-0.3, -0.25) is 9.88 Å². The zero-order valence-corrected chi connectivity index (χ0v) is 12.0. The number of hydrogen-bond donors (Lipinski definition) is 1. The average molecular weight is 315 g/mol. The predicted molar refractivity (Wildman–Crippen MR) is 73.3 cm³/mol. The van der Waals surface area contributed by atoms with Crippen LogP contribution in [0, 0.1) is 0 Å². The number of hydrogen-bond acceptors (Lipinski definition) is 4. The van der Waals surface area contributed by atoms with E-state index >= 15 is 0 Å². The van der Waals surface area contributed by atoms with E-state index in [1.54, 1.807) is 0 Å². The normalized spacial score (nSPS) is 18.1. The maximum atomic E-state index is 8.72. The van der Waals surface area contributed by atoms with Crippen LogP contribution in [0.4, 0.5) is 0 Å². The number of rotatable bonds is 5. The fourth-order valence-electron chi connectivity index (χ4n) is 2.18. The number of ether oxygens (including phenoxy) is 1. The zero-order chi connectivity index (χ0) is 12.8. The molecule has 0 saturated carbocycles. The lowest BCUT2D eigenvalue weighted by atomic mass is 10.1. The van der Waals surface area contributed by atoms with Gasteiger partial charge in [0.25, 0.3) is 0 Å². The molecule has 0 atom stereocenters. The first kappa shape index (κ1) is 13.9. The second-order valence-electron chi connectivity index (χ2n) is 4.54. The van der Waals surface area contributed by atoms with Crippen LogP contribution >= 0.6 is 15.9 Å². The number of halogens is 1. The van der Waals surface area contributed by atoms with E-state index in [4.69, 9.17) is 9.84 Å². The van der Waals surface area contributed by atoms with Crippen molar-refractivity contribution < 1.29 is 9.84 Å². The number of aliphatic hydroxyl groups excluding tert-OH is 1. The van der Waals surface area contributed by atoms with Crippen LogP contribution in [0.15, 0.2) is 22.8 Å². The third-order valence-corrected chi connectivity index (χ3v) is 3.62. The molecule has 0 unspecified atom stereocenters. The van der Waals surface area contributed by atoms with Crippen LogP contribution in [0.25, 0.3) is 0 Å². The molecular formula is C13H19BrN2O2. The molecule has 2 heterocycles. The Morgan fingerprint density at radius 2 is 2.17 bits per heavy atom. The standard InChI is InChI=1S/C13H19BrN2O2/c14-11-1-2-12(15-9-11)10-16-5-3-13(4-6-16)18-8-7-17/h1-2,9,13,17H,3-8,10H2. The second kappa shape index (κ2) is 7.19. The van der Waals surface area contributed by atoms with Crippen molar-refractivity contribution >= 4 is 15.9 Å². The summed E-state index contributed by atoms with van der Waals surface area (Å²) >= 11 is 3.39. The average Bonchev–Trinajstić information content (AvgIpc) is 2.41. The van der Waals surface area contributed by atoms with Gasteiger partial charge in [0.05, 0.1) is 25.0 Å². The lowest BCUT2D eigenvalue weighted by Gasteiger charge is -2.31. The maximum absolute atomic E-state index is 8.72. The summed E-state index contributed by atoms with van der Waals surface area (Å²) in [5.74, 6) is 0. The number of nitrogens with zero attached hydrogens (tertiary/aromatic N) is 2. The van der Waals surface area contributed by atoms with Crippen LogP contribution in [0.3, 0.4) is 0 Å². The van der Waals surface area contributed by atoms with Crippen molar-refractivity contribution in [2.75, 3.05) is 26.3 Å². The fraction of sp³-hybridized carbons (Fsp3) is 0.615. The summed E-state index contributed by atoms with van der Waals surface area (Å²) in [4.78, 5) is 6.79. The summed E-state index contributed by atoms with van der Waals surface area (Å²) < 4.78 is 6.56. The smallest absolute Gasteiger partial charge is 0.0701 e. The van der Waals surface area contributed by atoms with Crippen molar-refractivity contribution in [1.82, 2.24) is 9.88 Å². The first-order valence-electron chi connectivity index (χ1n) is 6.33. The number of aliphatic hydroxyl groups is 1. The molecule has 1 aliphatic heterocycles. The van der Waals surface area contributed by atoms with Crippen LogP contribution in [0.1, 0.15) is 18.5 Å². The van der Waals surface area contributed by atoms with E-state index in [1.807, 2.05) is 12.3 Å². The van der Waals surface area contributed by atoms with Crippen LogP contribution < -0.4 is 0 Å².